The Bertz CT molecular complexity index is 998. The topological polar surface area (TPSA) is 82.7 Å². The molecule has 1 aliphatic carbocycles. The largest absolute Gasteiger partial charge is 0.363 e. The summed E-state index contributed by atoms with van der Waals surface area (Å²) in [5, 5.41) is 13.0. The van der Waals surface area contributed by atoms with Crippen molar-refractivity contribution in [3.63, 3.8) is 0 Å². The molecule has 2 heterocycles. The molecule has 0 bridgehead atoms. The van der Waals surface area contributed by atoms with Crippen molar-refractivity contribution in [3.8, 4) is 0 Å². The van der Waals surface area contributed by atoms with Gasteiger partial charge in [0.15, 0.2) is 23.7 Å². The molecule has 3 N–H and O–H groups in total. The van der Waals surface area contributed by atoms with Crippen molar-refractivity contribution < 1.29 is 13.6 Å². The Morgan fingerprint density at radius 2 is 1.93 bits per heavy atom. The number of nitrogens with one attached hydrogen (secondary N) is 3. The molecule has 3 aromatic rings. The zero-order valence-corrected chi connectivity index (χ0v) is 15.2. The Labute approximate surface area is 160 Å². The molecule has 0 aliphatic heterocycles. The fraction of sp³-hybridized carbons (Fsp3) is 0.250. The van der Waals surface area contributed by atoms with Crippen LogP contribution in [-0.2, 0) is 0 Å². The van der Waals surface area contributed by atoms with Crippen LogP contribution in [0.2, 0.25) is 0 Å². The molecule has 1 fully saturated rings. The first-order valence-electron chi connectivity index (χ1n) is 9.03. The predicted octanol–water partition coefficient (Wildman–Crippen LogP) is 4.69. The maximum Gasteiger partial charge on any atom is 0.170 e. The third kappa shape index (κ3) is 3.85. The van der Waals surface area contributed by atoms with E-state index in [4.69, 9.17) is 0 Å². The number of benzene rings is 1. The lowest BCUT2D eigenvalue weighted by Crippen LogP contribution is -2.12. The number of nitrogens with zero attached hydrogens (tertiary/aromatic N) is 2. The summed E-state index contributed by atoms with van der Waals surface area (Å²) < 4.78 is 27.5. The number of carbonyl (C=O) groups excluding carboxylic acids is 1. The maximum atomic E-state index is 14.4. The summed E-state index contributed by atoms with van der Waals surface area (Å²) in [4.78, 5) is 15.6. The second-order valence-electron chi connectivity index (χ2n) is 6.90. The zero-order chi connectivity index (χ0) is 19.7. The third-order valence-corrected chi connectivity index (χ3v) is 4.72. The molecular weight excluding hydrogens is 364 g/mol. The van der Waals surface area contributed by atoms with Crippen molar-refractivity contribution in [3.05, 3.63) is 64.9 Å². The van der Waals surface area contributed by atoms with E-state index in [1.165, 1.54) is 12.1 Å². The predicted molar refractivity (Wildman–Crippen MR) is 102 cm³/mol. The normalized spacial score (nSPS) is 14.5. The lowest BCUT2D eigenvalue weighted by molar-refractivity contribution is 0.112. The highest BCUT2D eigenvalue weighted by Gasteiger charge is 2.25. The molecule has 4 rings (SSSR count). The number of hydrogen-bond donors (Lipinski definition) is 3. The number of pyridine rings is 1. The van der Waals surface area contributed by atoms with Crippen molar-refractivity contribution >= 4 is 23.7 Å². The molecule has 8 heteroatoms. The minimum absolute atomic E-state index is 0.0340. The average molecular weight is 383 g/mol. The van der Waals surface area contributed by atoms with E-state index >= 15 is 0 Å². The van der Waals surface area contributed by atoms with Crippen LogP contribution in [0.4, 0.5) is 26.2 Å². The van der Waals surface area contributed by atoms with Crippen LogP contribution in [0.1, 0.15) is 53.3 Å². The van der Waals surface area contributed by atoms with Gasteiger partial charge in [-0.25, -0.2) is 13.8 Å². The van der Waals surface area contributed by atoms with E-state index in [-0.39, 0.29) is 29.1 Å². The number of H-pyrrole nitrogens is 1. The maximum absolute atomic E-state index is 14.4. The Morgan fingerprint density at radius 3 is 2.61 bits per heavy atom. The Kier molecular flexibility index (Phi) is 4.77. The molecule has 0 radical (unpaired) electrons. The second-order valence-corrected chi connectivity index (χ2v) is 6.90. The highest BCUT2D eigenvalue weighted by Crippen LogP contribution is 2.39. The summed E-state index contributed by atoms with van der Waals surface area (Å²) in [7, 11) is 0. The highest BCUT2D eigenvalue weighted by atomic mass is 19.1. The Morgan fingerprint density at radius 1 is 1.18 bits per heavy atom. The number of aldehydes is 1. The molecule has 0 amide bonds. The lowest BCUT2D eigenvalue weighted by atomic mass is 10.1. The van der Waals surface area contributed by atoms with Crippen molar-refractivity contribution in [1.82, 2.24) is 15.2 Å². The quantitative estimate of drug-likeness (QED) is 0.516. The number of carbonyl (C=O) groups is 1. The van der Waals surface area contributed by atoms with Crippen LogP contribution in [0.25, 0.3) is 0 Å². The van der Waals surface area contributed by atoms with E-state index in [0.29, 0.717) is 18.0 Å². The first kappa shape index (κ1) is 18.1. The molecule has 2 aromatic heterocycles. The number of aromatic nitrogens is 3. The van der Waals surface area contributed by atoms with Gasteiger partial charge in [-0.1, -0.05) is 12.1 Å². The van der Waals surface area contributed by atoms with Crippen LogP contribution in [0.3, 0.4) is 0 Å². The molecule has 1 saturated carbocycles. The molecular formula is C20H19F2N5O. The van der Waals surface area contributed by atoms with E-state index in [1.54, 1.807) is 12.1 Å². The summed E-state index contributed by atoms with van der Waals surface area (Å²) >= 11 is 0. The molecule has 1 atom stereocenters. The standard InChI is InChI=1S/C20H19F2N5O/c1-11(12-4-6-15(21)7-5-12)23-19-14(10-28)8-16(22)20(25-19)24-18-9-17(26-27-18)13-2-3-13/h4-11,13H,2-3H2,1H3,(H3,23,24,25,26,27). The Hall–Kier alpha value is -3.29. The van der Waals surface area contributed by atoms with E-state index in [9.17, 15) is 13.6 Å². The van der Waals surface area contributed by atoms with Crippen LogP contribution >= 0.6 is 0 Å². The van der Waals surface area contributed by atoms with Crippen LogP contribution in [0, 0.1) is 11.6 Å². The minimum Gasteiger partial charge on any atom is -0.363 e. The number of aromatic amines is 1. The van der Waals surface area contributed by atoms with Crippen molar-refractivity contribution in [2.45, 2.75) is 31.7 Å². The molecule has 0 spiro atoms. The average Bonchev–Trinajstić information content (AvgIpc) is 3.44. The van der Waals surface area contributed by atoms with E-state index in [0.717, 1.165) is 30.2 Å². The molecule has 1 aromatic carbocycles. The van der Waals surface area contributed by atoms with Crippen LogP contribution < -0.4 is 10.6 Å². The molecule has 0 saturated heterocycles. The van der Waals surface area contributed by atoms with Gasteiger partial charge in [0, 0.05) is 23.7 Å². The van der Waals surface area contributed by atoms with Gasteiger partial charge in [-0.3, -0.25) is 9.89 Å². The van der Waals surface area contributed by atoms with E-state index < -0.39 is 5.82 Å². The van der Waals surface area contributed by atoms with Crippen LogP contribution in [0.5, 0.6) is 0 Å². The van der Waals surface area contributed by atoms with Gasteiger partial charge < -0.3 is 10.6 Å². The molecule has 6 nitrogen and oxygen atoms in total. The highest BCUT2D eigenvalue weighted by molar-refractivity contribution is 5.83. The number of hydrogen-bond acceptors (Lipinski definition) is 5. The van der Waals surface area contributed by atoms with Crippen molar-refractivity contribution in [2.75, 3.05) is 10.6 Å². The SMILES string of the molecule is CC(Nc1nc(Nc2cc(C3CC3)[nH]n2)c(F)cc1C=O)c1ccc(F)cc1. The van der Waals surface area contributed by atoms with Gasteiger partial charge in [-0.05, 0) is 43.5 Å². The number of halogens is 2. The third-order valence-electron chi connectivity index (χ3n) is 4.72. The second kappa shape index (κ2) is 7.38. The summed E-state index contributed by atoms with van der Waals surface area (Å²) in [6.07, 6.45) is 2.79. The molecule has 1 unspecified atom stereocenters. The number of anilines is 3. The van der Waals surface area contributed by atoms with Crippen molar-refractivity contribution in [1.29, 1.82) is 0 Å². The summed E-state index contributed by atoms with van der Waals surface area (Å²) in [5.74, 6) is 0.164. The summed E-state index contributed by atoms with van der Waals surface area (Å²) in [6.45, 7) is 1.84. The van der Waals surface area contributed by atoms with Crippen LogP contribution in [0.15, 0.2) is 36.4 Å². The van der Waals surface area contributed by atoms with E-state index in [1.807, 2.05) is 13.0 Å². The van der Waals surface area contributed by atoms with Gasteiger partial charge >= 0.3 is 0 Å². The Balaban J connectivity index is 1.57. The first-order chi connectivity index (χ1) is 13.5. The fourth-order valence-corrected chi connectivity index (χ4v) is 2.96. The smallest absolute Gasteiger partial charge is 0.170 e. The monoisotopic (exact) mass is 383 g/mol. The van der Waals surface area contributed by atoms with Gasteiger partial charge in [-0.15, -0.1) is 0 Å². The van der Waals surface area contributed by atoms with Gasteiger partial charge in [0.2, 0.25) is 0 Å². The minimum atomic E-state index is -0.655. The zero-order valence-electron chi connectivity index (χ0n) is 15.2. The van der Waals surface area contributed by atoms with E-state index in [2.05, 4.69) is 25.8 Å². The summed E-state index contributed by atoms with van der Waals surface area (Å²) in [6, 6.07) is 8.68. The van der Waals surface area contributed by atoms with Crippen LogP contribution in [-0.4, -0.2) is 21.5 Å². The van der Waals surface area contributed by atoms with Gasteiger partial charge in [-0.2, -0.15) is 5.10 Å². The van der Waals surface area contributed by atoms with Gasteiger partial charge in [0.05, 0.1) is 5.56 Å². The van der Waals surface area contributed by atoms with Gasteiger partial charge in [0.1, 0.15) is 11.6 Å². The van der Waals surface area contributed by atoms with Gasteiger partial charge in [0.25, 0.3) is 0 Å². The molecule has 144 valence electrons. The number of rotatable bonds is 7. The first-order valence-corrected chi connectivity index (χ1v) is 9.03. The molecule has 1 aliphatic rings. The fourth-order valence-electron chi connectivity index (χ4n) is 2.96. The summed E-state index contributed by atoms with van der Waals surface area (Å²) in [5.41, 5.74) is 1.91. The lowest BCUT2D eigenvalue weighted by Gasteiger charge is -2.17. The van der Waals surface area contributed by atoms with Crippen molar-refractivity contribution in [2.24, 2.45) is 0 Å². The molecule has 28 heavy (non-hydrogen) atoms.